The SMILES string of the molecule is COCC[C@H]1CC2CN3CCc4c([nH]c5ccccc45)[C@](C(=O)OCCNC(C)=O)(C2)[C@H]13. The van der Waals surface area contributed by atoms with Crippen LogP contribution in [0.2, 0.25) is 0 Å². The highest BCUT2D eigenvalue weighted by Crippen LogP contribution is 2.55. The number of hydrogen-bond acceptors (Lipinski definition) is 5. The van der Waals surface area contributed by atoms with Gasteiger partial charge < -0.3 is 19.8 Å². The third kappa shape index (κ3) is 3.42. The number of benzene rings is 1. The van der Waals surface area contributed by atoms with Crippen LogP contribution in [-0.4, -0.2) is 67.8 Å². The van der Waals surface area contributed by atoms with Gasteiger partial charge in [-0.2, -0.15) is 0 Å². The lowest BCUT2D eigenvalue weighted by atomic mass is 9.56. The first kappa shape index (κ1) is 21.5. The molecule has 4 bridgehead atoms. The van der Waals surface area contributed by atoms with Gasteiger partial charge >= 0.3 is 5.97 Å². The predicted molar refractivity (Wildman–Crippen MR) is 121 cm³/mol. The van der Waals surface area contributed by atoms with Crippen LogP contribution in [0.1, 0.15) is 37.4 Å². The van der Waals surface area contributed by atoms with Crippen molar-refractivity contribution in [1.82, 2.24) is 15.2 Å². The zero-order valence-electron chi connectivity index (χ0n) is 19.0. The topological polar surface area (TPSA) is 83.7 Å². The second kappa shape index (κ2) is 8.52. The minimum Gasteiger partial charge on any atom is -0.463 e. The molecule has 32 heavy (non-hydrogen) atoms. The largest absolute Gasteiger partial charge is 0.463 e. The number of hydrogen-bond donors (Lipinski definition) is 2. The molecule has 4 heterocycles. The Bertz CT molecular complexity index is 1020. The van der Waals surface area contributed by atoms with Crippen LogP contribution >= 0.6 is 0 Å². The molecular weight excluding hydrogens is 406 g/mol. The number of para-hydroxylation sites is 1. The third-order valence-electron chi connectivity index (χ3n) is 7.76. The number of rotatable bonds is 7. The van der Waals surface area contributed by atoms with E-state index in [0.717, 1.165) is 50.0 Å². The number of carbonyl (C=O) groups excluding carboxylic acids is 2. The number of amides is 1. The summed E-state index contributed by atoms with van der Waals surface area (Å²) in [7, 11) is 1.75. The Balaban J connectivity index is 1.58. The number of nitrogens with one attached hydrogen (secondary N) is 2. The van der Waals surface area contributed by atoms with E-state index in [1.807, 2.05) is 6.07 Å². The summed E-state index contributed by atoms with van der Waals surface area (Å²) in [5.41, 5.74) is 2.70. The van der Waals surface area contributed by atoms with Crippen molar-refractivity contribution in [1.29, 1.82) is 0 Å². The number of fused-ring (bicyclic) bond motifs is 4. The highest BCUT2D eigenvalue weighted by molar-refractivity contribution is 5.91. The molecule has 172 valence electrons. The quantitative estimate of drug-likeness (QED) is 0.511. The van der Waals surface area contributed by atoms with Crippen LogP contribution in [-0.2, 0) is 30.9 Å². The van der Waals surface area contributed by atoms with Gasteiger partial charge in [-0.1, -0.05) is 18.2 Å². The molecule has 2 N–H and O–H groups in total. The molecule has 5 atom stereocenters. The molecule has 0 spiro atoms. The number of aromatic nitrogens is 1. The molecule has 7 nitrogen and oxygen atoms in total. The normalized spacial score (nSPS) is 30.6. The second-order valence-corrected chi connectivity index (χ2v) is 9.65. The van der Waals surface area contributed by atoms with E-state index in [-0.39, 0.29) is 24.5 Å². The first-order chi connectivity index (χ1) is 15.5. The van der Waals surface area contributed by atoms with Gasteiger partial charge in [-0.3, -0.25) is 14.5 Å². The second-order valence-electron chi connectivity index (χ2n) is 9.65. The van der Waals surface area contributed by atoms with Crippen molar-refractivity contribution in [2.24, 2.45) is 11.8 Å². The van der Waals surface area contributed by atoms with Crippen LogP contribution in [0.4, 0.5) is 0 Å². The van der Waals surface area contributed by atoms with Gasteiger partial charge in [-0.15, -0.1) is 0 Å². The van der Waals surface area contributed by atoms with Crippen molar-refractivity contribution in [2.45, 2.75) is 44.1 Å². The Morgan fingerprint density at radius 1 is 1.28 bits per heavy atom. The molecule has 4 aliphatic rings. The molecule has 3 fully saturated rings. The van der Waals surface area contributed by atoms with Crippen molar-refractivity contribution in [2.75, 3.05) is 40.0 Å². The summed E-state index contributed by atoms with van der Waals surface area (Å²) >= 11 is 0. The highest BCUT2D eigenvalue weighted by atomic mass is 16.5. The zero-order valence-corrected chi connectivity index (χ0v) is 19.0. The van der Waals surface area contributed by atoms with Gasteiger partial charge in [0.05, 0.1) is 6.54 Å². The fourth-order valence-electron chi connectivity index (χ4n) is 6.74. The van der Waals surface area contributed by atoms with Crippen LogP contribution in [0.15, 0.2) is 24.3 Å². The summed E-state index contributed by atoms with van der Waals surface area (Å²) in [4.78, 5) is 31.4. The Morgan fingerprint density at radius 3 is 2.94 bits per heavy atom. The van der Waals surface area contributed by atoms with Crippen LogP contribution in [0.5, 0.6) is 0 Å². The fourth-order valence-corrected chi connectivity index (χ4v) is 6.74. The number of carbonyl (C=O) groups is 2. The fraction of sp³-hybridized carbons (Fsp3) is 0.600. The molecule has 1 aliphatic carbocycles. The summed E-state index contributed by atoms with van der Waals surface area (Å²) < 4.78 is 11.3. The molecule has 1 saturated carbocycles. The molecule has 2 unspecified atom stereocenters. The third-order valence-corrected chi connectivity index (χ3v) is 7.76. The molecule has 7 heteroatoms. The average molecular weight is 440 g/mol. The maximum Gasteiger partial charge on any atom is 0.319 e. The van der Waals surface area contributed by atoms with Crippen LogP contribution in [0.3, 0.4) is 0 Å². The lowest BCUT2D eigenvalue weighted by molar-refractivity contribution is -0.166. The Kier molecular flexibility index (Phi) is 5.72. The summed E-state index contributed by atoms with van der Waals surface area (Å²) in [6.07, 6.45) is 3.84. The number of methoxy groups -OCH3 is 1. The van der Waals surface area contributed by atoms with E-state index in [9.17, 15) is 9.59 Å². The van der Waals surface area contributed by atoms with Crippen LogP contribution in [0.25, 0.3) is 10.9 Å². The molecule has 2 saturated heterocycles. The van der Waals surface area contributed by atoms with E-state index >= 15 is 0 Å². The standard InChI is InChI=1S/C25H33N3O4/c1-16(29)26-9-12-32-24(30)25-14-17-13-18(8-11-31-2)23(25)28(15-17)10-7-20-19-5-3-4-6-21(19)27-22(20)25/h3-6,17-18,23,27H,7-15H2,1-2H3,(H,26,29)/t17?,18-,23-,25+/m0/s1. The van der Waals surface area contributed by atoms with E-state index in [1.54, 1.807) is 7.11 Å². The van der Waals surface area contributed by atoms with E-state index in [1.165, 1.54) is 17.9 Å². The monoisotopic (exact) mass is 439 g/mol. The molecular formula is C25H33N3O4. The van der Waals surface area contributed by atoms with E-state index in [2.05, 4.69) is 33.4 Å². The van der Waals surface area contributed by atoms with Crippen LogP contribution < -0.4 is 5.32 Å². The molecule has 1 amide bonds. The van der Waals surface area contributed by atoms with Gasteiger partial charge in [-0.25, -0.2) is 0 Å². The highest BCUT2D eigenvalue weighted by Gasteiger charge is 2.63. The number of nitrogens with zero attached hydrogens (tertiary/aromatic N) is 1. The number of ether oxygens (including phenoxy) is 2. The van der Waals surface area contributed by atoms with E-state index < -0.39 is 5.41 Å². The van der Waals surface area contributed by atoms with Gasteiger partial charge in [-0.05, 0) is 49.1 Å². The number of piperidine rings is 2. The van der Waals surface area contributed by atoms with Gasteiger partial charge in [0, 0.05) is 56.4 Å². The minimum absolute atomic E-state index is 0.102. The van der Waals surface area contributed by atoms with Crippen molar-refractivity contribution in [3.8, 4) is 0 Å². The van der Waals surface area contributed by atoms with Gasteiger partial charge in [0.2, 0.25) is 5.91 Å². The Hall–Kier alpha value is -2.38. The average Bonchev–Trinajstić information content (AvgIpc) is 3.13. The smallest absolute Gasteiger partial charge is 0.319 e. The van der Waals surface area contributed by atoms with Gasteiger partial charge in [0.15, 0.2) is 0 Å². The summed E-state index contributed by atoms with van der Waals surface area (Å²) in [5, 5.41) is 3.94. The summed E-state index contributed by atoms with van der Waals surface area (Å²) in [6.45, 7) is 4.71. The van der Waals surface area contributed by atoms with Crippen molar-refractivity contribution in [3.05, 3.63) is 35.5 Å². The molecule has 3 aliphatic heterocycles. The van der Waals surface area contributed by atoms with Crippen molar-refractivity contribution >= 4 is 22.8 Å². The lowest BCUT2D eigenvalue weighted by Crippen LogP contribution is -2.67. The Morgan fingerprint density at radius 2 is 2.12 bits per heavy atom. The van der Waals surface area contributed by atoms with E-state index in [0.29, 0.717) is 25.0 Å². The van der Waals surface area contributed by atoms with Crippen molar-refractivity contribution in [3.63, 3.8) is 0 Å². The zero-order chi connectivity index (χ0) is 22.3. The molecule has 6 rings (SSSR count). The number of H-pyrrole nitrogens is 1. The number of aromatic amines is 1. The maximum atomic E-state index is 14.0. The minimum atomic E-state index is -0.708. The lowest BCUT2D eigenvalue weighted by Gasteiger charge is -2.58. The van der Waals surface area contributed by atoms with E-state index in [4.69, 9.17) is 9.47 Å². The van der Waals surface area contributed by atoms with Crippen LogP contribution in [0, 0.1) is 11.8 Å². The Labute approximate surface area is 188 Å². The van der Waals surface area contributed by atoms with Crippen molar-refractivity contribution < 1.29 is 19.1 Å². The molecule has 0 radical (unpaired) electrons. The maximum absolute atomic E-state index is 14.0. The molecule has 1 aromatic heterocycles. The number of esters is 1. The first-order valence-electron chi connectivity index (χ1n) is 11.8. The summed E-state index contributed by atoms with van der Waals surface area (Å²) in [5.74, 6) is 0.582. The first-order valence-corrected chi connectivity index (χ1v) is 11.8. The van der Waals surface area contributed by atoms with Gasteiger partial charge in [0.25, 0.3) is 0 Å². The summed E-state index contributed by atoms with van der Waals surface area (Å²) in [6, 6.07) is 8.47. The van der Waals surface area contributed by atoms with Gasteiger partial charge in [0.1, 0.15) is 12.0 Å². The predicted octanol–water partition coefficient (Wildman–Crippen LogP) is 2.39. The molecule has 1 aromatic carbocycles. The molecule has 2 aromatic rings.